The first kappa shape index (κ1) is 20.6. The molecule has 1 aromatic heterocycles. The molecule has 1 aromatic carbocycles. The van der Waals surface area contributed by atoms with E-state index in [2.05, 4.69) is 5.32 Å². The van der Waals surface area contributed by atoms with Crippen LogP contribution >= 0.6 is 11.3 Å². The molecule has 0 fully saturated rings. The van der Waals surface area contributed by atoms with Crippen LogP contribution in [-0.2, 0) is 9.59 Å². The van der Waals surface area contributed by atoms with Gasteiger partial charge in [-0.15, -0.1) is 11.3 Å². The summed E-state index contributed by atoms with van der Waals surface area (Å²) >= 11 is 1.50. The highest BCUT2D eigenvalue weighted by atomic mass is 32.1. The van der Waals surface area contributed by atoms with Crippen molar-refractivity contribution in [2.75, 3.05) is 7.11 Å². The molecule has 0 aliphatic heterocycles. The average molecular weight is 393 g/mol. The largest absolute Gasteiger partial charge is 0.494 e. The quantitative estimate of drug-likeness (QED) is 0.671. The fraction of sp³-hybridized carbons (Fsp3) is 0.316. The molecule has 2 rings (SSSR count). The van der Waals surface area contributed by atoms with E-state index >= 15 is 0 Å². The highest BCUT2D eigenvalue weighted by molar-refractivity contribution is 7.12. The number of hydrogen-bond acceptors (Lipinski definition) is 5. The summed E-state index contributed by atoms with van der Waals surface area (Å²) in [5.74, 6) is -2.86. The molecule has 0 radical (unpaired) electrons. The van der Waals surface area contributed by atoms with E-state index in [9.17, 15) is 23.9 Å². The number of amides is 1. The van der Waals surface area contributed by atoms with Crippen LogP contribution in [-0.4, -0.2) is 29.9 Å². The molecule has 1 heterocycles. The number of aryl methyl sites for hydroxylation is 2. The van der Waals surface area contributed by atoms with Crippen molar-refractivity contribution in [2.45, 2.75) is 32.7 Å². The molecule has 1 amide bonds. The molecular weight excluding hydrogens is 373 g/mol. The lowest BCUT2D eigenvalue weighted by molar-refractivity contribution is -0.142. The van der Waals surface area contributed by atoms with E-state index in [0.717, 1.165) is 15.8 Å². The maximum atomic E-state index is 13.8. The lowest BCUT2D eigenvalue weighted by Crippen LogP contribution is -2.34. The molecule has 2 aromatic rings. The number of aliphatic carboxylic acids is 1. The molecule has 0 bridgehead atoms. The number of ether oxygens (including phenoxy) is 1. The molecule has 8 heteroatoms. The minimum atomic E-state index is -1.42. The van der Waals surface area contributed by atoms with Crippen molar-refractivity contribution in [1.29, 1.82) is 0 Å². The van der Waals surface area contributed by atoms with Crippen molar-refractivity contribution in [3.05, 3.63) is 51.0 Å². The number of ketones is 1. The summed E-state index contributed by atoms with van der Waals surface area (Å²) in [6.45, 7) is 3.73. The maximum Gasteiger partial charge on any atom is 0.330 e. The predicted molar refractivity (Wildman–Crippen MR) is 98.8 cm³/mol. The highest BCUT2D eigenvalue weighted by Gasteiger charge is 2.24. The third-order valence-corrected chi connectivity index (χ3v) is 4.95. The summed E-state index contributed by atoms with van der Waals surface area (Å²) in [5, 5.41) is 11.7. The van der Waals surface area contributed by atoms with Crippen LogP contribution in [0.1, 0.15) is 44.6 Å². The Balaban J connectivity index is 2.03. The monoisotopic (exact) mass is 393 g/mol. The minimum absolute atomic E-state index is 0.0266. The third kappa shape index (κ3) is 5.13. The van der Waals surface area contributed by atoms with Crippen LogP contribution in [0.4, 0.5) is 4.39 Å². The van der Waals surface area contributed by atoms with Crippen LogP contribution in [0.2, 0.25) is 0 Å². The van der Waals surface area contributed by atoms with Crippen molar-refractivity contribution in [1.82, 2.24) is 5.32 Å². The predicted octanol–water partition coefficient (Wildman–Crippen LogP) is 3.42. The Hall–Kier alpha value is -2.74. The summed E-state index contributed by atoms with van der Waals surface area (Å²) in [5.41, 5.74) is 0.655. The number of Topliss-reactive ketones (excluding diaryl/α,β-unsaturated/α-hetero) is 1. The zero-order chi connectivity index (χ0) is 20.1. The van der Waals surface area contributed by atoms with Gasteiger partial charge in [-0.2, -0.15) is 0 Å². The van der Waals surface area contributed by atoms with E-state index in [1.807, 2.05) is 13.8 Å². The molecule has 1 unspecified atom stereocenters. The Morgan fingerprint density at radius 1 is 1.22 bits per heavy atom. The fourth-order valence-corrected chi connectivity index (χ4v) is 3.59. The van der Waals surface area contributed by atoms with Gasteiger partial charge in [0.05, 0.1) is 7.11 Å². The summed E-state index contributed by atoms with van der Waals surface area (Å²) in [6.07, 6.45) is -0.193. The fourth-order valence-electron chi connectivity index (χ4n) is 2.65. The summed E-state index contributed by atoms with van der Waals surface area (Å²) in [6, 6.07) is 4.01. The number of nitrogens with one attached hydrogen (secondary N) is 1. The van der Waals surface area contributed by atoms with Gasteiger partial charge in [0.15, 0.2) is 23.4 Å². The van der Waals surface area contributed by atoms with Crippen molar-refractivity contribution in [3.8, 4) is 5.75 Å². The second kappa shape index (κ2) is 8.77. The Bertz CT molecular complexity index is 877. The maximum absolute atomic E-state index is 13.8. The Kier molecular flexibility index (Phi) is 6.68. The van der Waals surface area contributed by atoms with Gasteiger partial charge in [-0.25, -0.2) is 9.18 Å². The standard InChI is InChI=1S/C19H20FNO5S/c1-10-8-13(11(2)27-10)15(22)5-7-17(23)21-18(19(24)25)12-4-6-16(26-3)14(20)9-12/h4,6,8-9,18H,5,7H2,1-3H3,(H,21,23)(H,24,25). The number of carbonyl (C=O) groups is 3. The van der Waals surface area contributed by atoms with Crippen LogP contribution in [0.15, 0.2) is 24.3 Å². The summed E-state index contributed by atoms with van der Waals surface area (Å²) in [7, 11) is 1.29. The van der Waals surface area contributed by atoms with Crippen LogP contribution < -0.4 is 10.1 Å². The highest BCUT2D eigenvalue weighted by Crippen LogP contribution is 2.24. The minimum Gasteiger partial charge on any atom is -0.494 e. The number of hydrogen-bond donors (Lipinski definition) is 2. The van der Waals surface area contributed by atoms with E-state index in [0.29, 0.717) is 5.56 Å². The van der Waals surface area contributed by atoms with Gasteiger partial charge in [0.2, 0.25) is 5.91 Å². The van der Waals surface area contributed by atoms with Crippen LogP contribution in [0.3, 0.4) is 0 Å². The average Bonchev–Trinajstić information content (AvgIpc) is 2.95. The normalized spacial score (nSPS) is 11.7. The molecular formula is C19H20FNO5S. The second-order valence-electron chi connectivity index (χ2n) is 5.98. The molecule has 0 aliphatic carbocycles. The van der Waals surface area contributed by atoms with E-state index in [4.69, 9.17) is 4.74 Å². The number of methoxy groups -OCH3 is 1. The number of thiophene rings is 1. The Morgan fingerprint density at radius 2 is 1.93 bits per heavy atom. The molecule has 2 N–H and O–H groups in total. The zero-order valence-electron chi connectivity index (χ0n) is 15.2. The smallest absolute Gasteiger partial charge is 0.330 e. The number of benzene rings is 1. The molecule has 0 saturated heterocycles. The topological polar surface area (TPSA) is 92.7 Å². The van der Waals surface area contributed by atoms with Gasteiger partial charge in [0.1, 0.15) is 0 Å². The Morgan fingerprint density at radius 3 is 2.44 bits per heavy atom. The summed E-state index contributed by atoms with van der Waals surface area (Å²) < 4.78 is 18.6. The molecule has 0 aliphatic rings. The van der Waals surface area contributed by atoms with Gasteiger partial charge in [-0.3, -0.25) is 9.59 Å². The van der Waals surface area contributed by atoms with Gasteiger partial charge in [-0.1, -0.05) is 6.07 Å². The van der Waals surface area contributed by atoms with E-state index < -0.39 is 23.7 Å². The van der Waals surface area contributed by atoms with E-state index in [1.165, 1.54) is 30.6 Å². The molecule has 0 saturated carbocycles. The number of carboxylic acid groups (broad SMARTS) is 1. The molecule has 6 nitrogen and oxygen atoms in total. The first-order valence-corrected chi connectivity index (χ1v) is 9.00. The van der Waals surface area contributed by atoms with Gasteiger partial charge >= 0.3 is 5.97 Å². The number of carbonyl (C=O) groups excluding carboxylic acids is 2. The summed E-state index contributed by atoms with van der Waals surface area (Å²) in [4.78, 5) is 37.7. The van der Waals surface area contributed by atoms with E-state index in [-0.39, 0.29) is 29.9 Å². The first-order valence-electron chi connectivity index (χ1n) is 8.18. The Labute approximate surface area is 160 Å². The van der Waals surface area contributed by atoms with Gasteiger partial charge in [0.25, 0.3) is 0 Å². The lowest BCUT2D eigenvalue weighted by Gasteiger charge is -2.15. The lowest BCUT2D eigenvalue weighted by atomic mass is 10.0. The molecule has 0 spiro atoms. The first-order chi connectivity index (χ1) is 12.7. The second-order valence-corrected chi connectivity index (χ2v) is 7.44. The van der Waals surface area contributed by atoms with E-state index in [1.54, 1.807) is 6.07 Å². The SMILES string of the molecule is COc1ccc(C(NC(=O)CCC(=O)c2cc(C)sc2C)C(=O)O)cc1F. The number of carboxylic acids is 1. The van der Waals surface area contributed by atoms with Crippen molar-refractivity contribution in [2.24, 2.45) is 0 Å². The molecule has 1 atom stereocenters. The van der Waals surface area contributed by atoms with Gasteiger partial charge in [-0.05, 0) is 37.6 Å². The van der Waals surface area contributed by atoms with Crippen LogP contribution in [0, 0.1) is 19.7 Å². The number of rotatable bonds is 8. The van der Waals surface area contributed by atoms with Crippen molar-refractivity contribution >= 4 is 29.0 Å². The molecule has 27 heavy (non-hydrogen) atoms. The number of halogens is 1. The molecule has 144 valence electrons. The van der Waals surface area contributed by atoms with Crippen molar-refractivity contribution in [3.63, 3.8) is 0 Å². The van der Waals surface area contributed by atoms with Crippen LogP contribution in [0.5, 0.6) is 5.75 Å². The van der Waals surface area contributed by atoms with Crippen molar-refractivity contribution < 1.29 is 28.6 Å². The van der Waals surface area contributed by atoms with Crippen LogP contribution in [0.25, 0.3) is 0 Å². The van der Waals surface area contributed by atoms with Gasteiger partial charge < -0.3 is 15.2 Å². The van der Waals surface area contributed by atoms with Gasteiger partial charge in [0, 0.05) is 28.2 Å². The zero-order valence-corrected chi connectivity index (χ0v) is 16.0. The third-order valence-electron chi connectivity index (χ3n) is 3.98.